The van der Waals surface area contributed by atoms with Crippen LogP contribution in [0.15, 0.2) is 200 Å². The Bertz CT molecular complexity index is 3000. The quantitative estimate of drug-likeness (QED) is 0.159. The van der Waals surface area contributed by atoms with Crippen LogP contribution in [0.5, 0.6) is 0 Å². The molecular formula is C57H43N. The second-order valence-corrected chi connectivity index (χ2v) is 16.7. The van der Waals surface area contributed by atoms with Gasteiger partial charge >= 0.3 is 0 Å². The molecule has 9 aromatic carbocycles. The van der Waals surface area contributed by atoms with E-state index in [0.717, 1.165) is 11.4 Å². The fourth-order valence-electron chi connectivity index (χ4n) is 11.4. The second kappa shape index (κ2) is 12.9. The van der Waals surface area contributed by atoms with Crippen molar-refractivity contribution in [3.05, 3.63) is 234 Å². The van der Waals surface area contributed by atoms with E-state index in [1.165, 1.54) is 115 Å². The lowest BCUT2D eigenvalue weighted by Gasteiger charge is -2.36. The minimum Gasteiger partial charge on any atom is -0.310 e. The minimum absolute atomic E-state index is 0.113. The van der Waals surface area contributed by atoms with E-state index in [0.29, 0.717) is 0 Å². The molecule has 9 aromatic rings. The van der Waals surface area contributed by atoms with Crippen molar-refractivity contribution in [2.24, 2.45) is 0 Å². The Kier molecular flexibility index (Phi) is 7.45. The van der Waals surface area contributed by atoms with Gasteiger partial charge in [0.15, 0.2) is 0 Å². The Morgan fingerprint density at radius 2 is 0.862 bits per heavy atom. The van der Waals surface area contributed by atoms with Crippen molar-refractivity contribution in [2.45, 2.75) is 42.9 Å². The predicted molar refractivity (Wildman–Crippen MR) is 243 cm³/mol. The summed E-state index contributed by atoms with van der Waals surface area (Å²) in [5.74, 6) is 0. The van der Waals surface area contributed by atoms with Crippen LogP contribution in [0.3, 0.4) is 0 Å². The van der Waals surface area contributed by atoms with E-state index >= 15 is 0 Å². The van der Waals surface area contributed by atoms with Crippen LogP contribution in [-0.4, -0.2) is 0 Å². The number of benzene rings is 9. The highest BCUT2D eigenvalue weighted by Crippen LogP contribution is 2.59. The maximum atomic E-state index is 2.52. The lowest BCUT2D eigenvalue weighted by Crippen LogP contribution is -2.28. The molecule has 0 N–H and O–H groups in total. The molecule has 3 aliphatic carbocycles. The number of rotatable bonds is 5. The number of nitrogens with zero attached hydrogens (tertiary/aromatic N) is 1. The summed E-state index contributed by atoms with van der Waals surface area (Å²) in [4.78, 5) is 2.52. The van der Waals surface area contributed by atoms with Crippen LogP contribution >= 0.6 is 0 Å². The average molecular weight is 742 g/mol. The fraction of sp³-hybridized carbons (Fsp3) is 0.123. The van der Waals surface area contributed by atoms with Gasteiger partial charge in [0.1, 0.15) is 0 Å². The highest BCUT2D eigenvalue weighted by molar-refractivity contribution is 6.08. The molecule has 276 valence electrons. The van der Waals surface area contributed by atoms with E-state index in [4.69, 9.17) is 0 Å². The van der Waals surface area contributed by atoms with Crippen molar-refractivity contribution >= 4 is 38.6 Å². The maximum absolute atomic E-state index is 2.52. The van der Waals surface area contributed by atoms with Gasteiger partial charge in [0.2, 0.25) is 0 Å². The molecule has 0 unspecified atom stereocenters. The van der Waals surface area contributed by atoms with Gasteiger partial charge in [0.25, 0.3) is 0 Å². The van der Waals surface area contributed by atoms with Gasteiger partial charge in [0.05, 0.1) is 5.41 Å². The van der Waals surface area contributed by atoms with E-state index in [1.807, 2.05) is 0 Å². The predicted octanol–water partition coefficient (Wildman–Crippen LogP) is 15.1. The van der Waals surface area contributed by atoms with Crippen LogP contribution < -0.4 is 4.90 Å². The molecule has 0 heterocycles. The summed E-state index contributed by atoms with van der Waals surface area (Å²) >= 11 is 0. The highest BCUT2D eigenvalue weighted by Gasteiger charge is 2.47. The van der Waals surface area contributed by atoms with E-state index in [1.54, 1.807) is 0 Å². The summed E-state index contributed by atoms with van der Waals surface area (Å²) in [7, 11) is 0. The Morgan fingerprint density at radius 3 is 1.64 bits per heavy atom. The summed E-state index contributed by atoms with van der Waals surface area (Å²) in [6, 6.07) is 75.6. The van der Waals surface area contributed by atoms with Crippen molar-refractivity contribution in [1.82, 2.24) is 0 Å². The smallest absolute Gasteiger partial charge is 0.0714 e. The third kappa shape index (κ3) is 4.71. The monoisotopic (exact) mass is 741 g/mol. The van der Waals surface area contributed by atoms with Gasteiger partial charge in [-0.3, -0.25) is 0 Å². The van der Waals surface area contributed by atoms with Crippen LogP contribution in [0.2, 0.25) is 0 Å². The first kappa shape index (κ1) is 33.4. The SMILES string of the molecule is c1ccc(C2(c3ccccc3)c3ccccc3-c3ccc(N(c4ccc5c(c4)-c4ccccc4C54CCCCC4)c4ccc5c(ccc6ccccc65)c4)cc32)cc1. The van der Waals surface area contributed by atoms with E-state index < -0.39 is 5.41 Å². The topological polar surface area (TPSA) is 3.24 Å². The Balaban J connectivity index is 1.12. The van der Waals surface area contributed by atoms with Crippen molar-refractivity contribution in [3.8, 4) is 22.3 Å². The summed E-state index contributed by atoms with van der Waals surface area (Å²) in [6.45, 7) is 0. The first-order valence-corrected chi connectivity index (χ1v) is 21.1. The molecule has 0 aliphatic heterocycles. The molecular weight excluding hydrogens is 699 g/mol. The first-order chi connectivity index (χ1) is 28.7. The van der Waals surface area contributed by atoms with Crippen LogP contribution in [0.4, 0.5) is 17.1 Å². The van der Waals surface area contributed by atoms with Crippen molar-refractivity contribution < 1.29 is 0 Å². The van der Waals surface area contributed by atoms with Gasteiger partial charge in [-0.05, 0) is 126 Å². The second-order valence-electron chi connectivity index (χ2n) is 16.7. The van der Waals surface area contributed by atoms with Crippen LogP contribution in [-0.2, 0) is 10.8 Å². The lowest BCUT2D eigenvalue weighted by atomic mass is 9.67. The molecule has 1 nitrogen and oxygen atoms in total. The van der Waals surface area contributed by atoms with Gasteiger partial charge < -0.3 is 4.90 Å². The van der Waals surface area contributed by atoms with Gasteiger partial charge in [-0.1, -0.05) is 183 Å². The zero-order chi connectivity index (χ0) is 38.3. The molecule has 0 radical (unpaired) electrons. The number of fused-ring (bicyclic) bond motifs is 11. The van der Waals surface area contributed by atoms with E-state index in [9.17, 15) is 0 Å². The van der Waals surface area contributed by atoms with Gasteiger partial charge in [-0.25, -0.2) is 0 Å². The first-order valence-electron chi connectivity index (χ1n) is 21.1. The summed E-state index contributed by atoms with van der Waals surface area (Å²) in [5, 5.41) is 5.08. The zero-order valence-electron chi connectivity index (χ0n) is 32.5. The molecule has 1 heteroatoms. The normalized spacial score (nSPS) is 15.5. The fourth-order valence-corrected chi connectivity index (χ4v) is 11.4. The van der Waals surface area contributed by atoms with Gasteiger partial charge in [0, 0.05) is 22.5 Å². The molecule has 0 saturated heterocycles. The van der Waals surface area contributed by atoms with Gasteiger partial charge in [-0.15, -0.1) is 0 Å². The van der Waals surface area contributed by atoms with Crippen molar-refractivity contribution in [2.75, 3.05) is 4.90 Å². The number of anilines is 3. The van der Waals surface area contributed by atoms with Gasteiger partial charge in [-0.2, -0.15) is 0 Å². The molecule has 3 aliphatic rings. The van der Waals surface area contributed by atoms with Crippen molar-refractivity contribution in [3.63, 3.8) is 0 Å². The zero-order valence-corrected chi connectivity index (χ0v) is 32.5. The third-order valence-corrected chi connectivity index (χ3v) is 13.9. The standard InChI is InChI=1S/C57H43N/c1-4-17-41(18-5-1)57(42-19-6-2-7-20-42)54-25-13-11-22-48(54)50-32-29-45(38-55(50)57)58(43-28-31-47-40(36-43)27-26-39-16-8-9-21-46(39)47)44-30-33-53-51(37-44)49-23-10-12-24-52(49)56(53)34-14-3-15-35-56/h1-2,4-13,16-33,36-38H,3,14-15,34-35H2. The Labute approximate surface area is 340 Å². The molecule has 1 fully saturated rings. The summed E-state index contributed by atoms with van der Waals surface area (Å²) in [5.41, 5.74) is 16.7. The maximum Gasteiger partial charge on any atom is 0.0714 e. The summed E-state index contributed by atoms with van der Waals surface area (Å²) in [6.07, 6.45) is 6.36. The Morgan fingerprint density at radius 1 is 0.328 bits per heavy atom. The number of hydrogen-bond donors (Lipinski definition) is 0. The lowest BCUT2D eigenvalue weighted by molar-refractivity contribution is 0.353. The largest absolute Gasteiger partial charge is 0.310 e. The van der Waals surface area contributed by atoms with Crippen molar-refractivity contribution in [1.29, 1.82) is 0 Å². The van der Waals surface area contributed by atoms with Crippen LogP contribution in [0.1, 0.15) is 65.5 Å². The Hall–Kier alpha value is -6.70. The molecule has 1 spiro atoms. The molecule has 0 amide bonds. The molecule has 0 aromatic heterocycles. The molecule has 1 saturated carbocycles. The van der Waals surface area contributed by atoms with Crippen LogP contribution in [0, 0.1) is 0 Å². The molecule has 12 rings (SSSR count). The molecule has 58 heavy (non-hydrogen) atoms. The number of hydrogen-bond acceptors (Lipinski definition) is 1. The van der Waals surface area contributed by atoms with E-state index in [2.05, 4.69) is 205 Å². The summed E-state index contributed by atoms with van der Waals surface area (Å²) < 4.78 is 0. The highest BCUT2D eigenvalue weighted by atomic mass is 15.1. The minimum atomic E-state index is -0.483. The molecule has 0 atom stereocenters. The average Bonchev–Trinajstić information content (AvgIpc) is 3.74. The molecule has 0 bridgehead atoms. The van der Waals surface area contributed by atoms with Crippen LogP contribution in [0.25, 0.3) is 43.8 Å². The van der Waals surface area contributed by atoms with E-state index in [-0.39, 0.29) is 5.41 Å². The third-order valence-electron chi connectivity index (χ3n) is 13.9.